The number of nitrogens with zero attached hydrogens (tertiary/aromatic N) is 3. The quantitative estimate of drug-likeness (QED) is 0.0276. The van der Waals surface area contributed by atoms with Crippen LogP contribution >= 0.6 is 7.60 Å². The summed E-state index contributed by atoms with van der Waals surface area (Å²) in [6.45, 7) is 3.36. The number of alkyl carbamates (subject to hydrolysis) is 1. The van der Waals surface area contributed by atoms with Gasteiger partial charge in [-0.3, -0.25) is 23.9 Å². The van der Waals surface area contributed by atoms with E-state index in [1.165, 1.54) is 25.4 Å². The molecule has 1 aromatic heterocycles. The summed E-state index contributed by atoms with van der Waals surface area (Å²) in [6, 6.07) is 6.70. The maximum Gasteiger partial charge on any atom is 0.407 e. The predicted octanol–water partition coefficient (Wildman–Crippen LogP) is -0.782. The van der Waals surface area contributed by atoms with Gasteiger partial charge in [0.2, 0.25) is 17.7 Å². The SMILES string of the molecule is CNC(=O)OCc1ccc(NC(=O)[C@H](CCCNC(N)=O)NC(=O)C(NC(=O)CNc2ccc(/C(N)=N/N=C(\N)CP(=O)(O)O)nc2)C(C)C)cc1. The zero-order chi connectivity index (χ0) is 38.8. The van der Waals surface area contributed by atoms with Gasteiger partial charge < -0.3 is 63.6 Å². The molecule has 0 saturated carbocycles. The number of hydrogen-bond donors (Lipinski definition) is 11. The highest BCUT2D eigenvalue weighted by Crippen LogP contribution is 2.33. The first-order valence-electron chi connectivity index (χ1n) is 15.7. The van der Waals surface area contributed by atoms with E-state index in [1.54, 1.807) is 38.1 Å². The summed E-state index contributed by atoms with van der Waals surface area (Å²) in [5.41, 5.74) is 18.0. The molecular weight excluding hydrogens is 703 g/mol. The van der Waals surface area contributed by atoms with Crippen molar-refractivity contribution in [3.63, 3.8) is 0 Å². The van der Waals surface area contributed by atoms with E-state index < -0.39 is 61.5 Å². The summed E-state index contributed by atoms with van der Waals surface area (Å²) < 4.78 is 16.0. The lowest BCUT2D eigenvalue weighted by Crippen LogP contribution is -2.55. The minimum Gasteiger partial charge on any atom is -0.445 e. The van der Waals surface area contributed by atoms with Gasteiger partial charge in [0.15, 0.2) is 5.84 Å². The van der Waals surface area contributed by atoms with E-state index in [2.05, 4.69) is 47.1 Å². The van der Waals surface area contributed by atoms with Crippen LogP contribution in [0.1, 0.15) is 37.9 Å². The number of carbonyl (C=O) groups is 5. The number of rotatable bonds is 19. The second-order valence-electron chi connectivity index (χ2n) is 11.5. The molecule has 2 aromatic rings. The lowest BCUT2D eigenvalue weighted by Gasteiger charge is -2.25. The zero-order valence-corrected chi connectivity index (χ0v) is 29.7. The lowest BCUT2D eigenvalue weighted by atomic mass is 10.0. The standard InChI is InChI=1S/C30H45N12O9P/c1-17(2)25(40-24(43)14-36-20-10-11-21(37-13-20)26(32)42-41-23(31)16-52(48,49)50)28(45)39-22(5-4-12-35-29(33)46)27(44)38-19-8-6-18(7-9-19)15-51-30(47)34-3/h6-11,13,17,22,25,36H,4-5,12,14-16H2,1-3H3,(H2,31,41)(H2,32,42)(H,34,47)(H,38,44)(H,39,45)(H,40,43)(H3,33,35,46)(H2,48,49,50)/t22-,25?/m0/s1. The molecule has 0 radical (unpaired) electrons. The molecule has 0 fully saturated rings. The van der Waals surface area contributed by atoms with Gasteiger partial charge in [-0.15, -0.1) is 10.2 Å². The first kappa shape index (κ1) is 42.4. The fourth-order valence-corrected chi connectivity index (χ4v) is 4.67. The molecule has 1 aromatic carbocycles. The summed E-state index contributed by atoms with van der Waals surface area (Å²) in [5.74, 6) is -2.67. The van der Waals surface area contributed by atoms with Gasteiger partial charge in [0.25, 0.3) is 0 Å². The molecule has 1 heterocycles. The third-order valence-electron chi connectivity index (χ3n) is 6.80. The second-order valence-corrected chi connectivity index (χ2v) is 13.1. The first-order chi connectivity index (χ1) is 24.5. The maximum absolute atomic E-state index is 13.4. The van der Waals surface area contributed by atoms with E-state index in [9.17, 15) is 28.5 Å². The van der Waals surface area contributed by atoms with Gasteiger partial charge in [0.05, 0.1) is 18.4 Å². The Balaban J connectivity index is 2.03. The van der Waals surface area contributed by atoms with Gasteiger partial charge in [0, 0.05) is 19.3 Å². The summed E-state index contributed by atoms with van der Waals surface area (Å²) in [7, 11) is -2.98. The molecule has 22 heteroatoms. The van der Waals surface area contributed by atoms with Gasteiger partial charge in [-0.05, 0) is 48.6 Å². The van der Waals surface area contributed by atoms with Crippen molar-refractivity contribution in [3.8, 4) is 0 Å². The second kappa shape index (κ2) is 20.8. The van der Waals surface area contributed by atoms with E-state index in [4.69, 9.17) is 31.7 Å². The Bertz CT molecular complexity index is 1650. The number of amides is 6. The van der Waals surface area contributed by atoms with Crippen molar-refractivity contribution < 1.29 is 43.1 Å². The number of primary amides is 1. The molecule has 0 bridgehead atoms. The van der Waals surface area contributed by atoms with Crippen molar-refractivity contribution in [2.45, 2.75) is 45.4 Å². The minimum atomic E-state index is -4.42. The Kier molecular flexibility index (Phi) is 16.9. The lowest BCUT2D eigenvalue weighted by molar-refractivity contribution is -0.131. The van der Waals surface area contributed by atoms with Gasteiger partial charge in [0.1, 0.15) is 36.4 Å². The van der Waals surface area contributed by atoms with Crippen LogP contribution < -0.4 is 49.1 Å². The Hall–Kier alpha value is -5.79. The van der Waals surface area contributed by atoms with Crippen LogP contribution in [0.2, 0.25) is 0 Å². The van der Waals surface area contributed by atoms with Crippen LogP contribution in [0.25, 0.3) is 0 Å². The molecule has 0 spiro atoms. The number of urea groups is 1. The van der Waals surface area contributed by atoms with E-state index >= 15 is 0 Å². The molecule has 1 unspecified atom stereocenters. The summed E-state index contributed by atoms with van der Waals surface area (Å²) in [5, 5.41) is 22.8. The highest BCUT2D eigenvalue weighted by molar-refractivity contribution is 7.52. The molecule has 284 valence electrons. The van der Waals surface area contributed by atoms with Crippen LogP contribution in [-0.4, -0.2) is 94.7 Å². The van der Waals surface area contributed by atoms with Crippen molar-refractivity contribution >= 4 is 60.5 Å². The van der Waals surface area contributed by atoms with Crippen molar-refractivity contribution in [2.75, 3.05) is 36.9 Å². The van der Waals surface area contributed by atoms with Crippen LogP contribution in [0, 0.1) is 5.92 Å². The molecular formula is C30H45N12O9P. The van der Waals surface area contributed by atoms with E-state index in [1.807, 2.05) is 0 Å². The van der Waals surface area contributed by atoms with Gasteiger partial charge >= 0.3 is 19.7 Å². The van der Waals surface area contributed by atoms with Crippen LogP contribution in [0.15, 0.2) is 52.8 Å². The number of amidine groups is 2. The smallest absolute Gasteiger partial charge is 0.407 e. The monoisotopic (exact) mass is 748 g/mol. The molecule has 52 heavy (non-hydrogen) atoms. The van der Waals surface area contributed by atoms with E-state index in [-0.39, 0.29) is 43.6 Å². The molecule has 14 N–H and O–H groups in total. The summed E-state index contributed by atoms with van der Waals surface area (Å²) in [6.07, 6.45) is 0.391. The maximum atomic E-state index is 13.4. The third kappa shape index (κ3) is 16.3. The van der Waals surface area contributed by atoms with E-state index in [0.29, 0.717) is 23.4 Å². The zero-order valence-electron chi connectivity index (χ0n) is 28.8. The number of carbonyl (C=O) groups excluding carboxylic acids is 5. The predicted molar refractivity (Wildman–Crippen MR) is 192 cm³/mol. The average Bonchev–Trinajstić information content (AvgIpc) is 3.08. The molecule has 2 rings (SSSR count). The third-order valence-corrected chi connectivity index (χ3v) is 7.53. The Morgan fingerprint density at radius 3 is 2.19 bits per heavy atom. The fourth-order valence-electron chi connectivity index (χ4n) is 4.19. The molecule has 0 saturated heterocycles. The highest BCUT2D eigenvalue weighted by atomic mass is 31.2. The van der Waals surface area contributed by atoms with Crippen LogP contribution in [0.5, 0.6) is 0 Å². The highest BCUT2D eigenvalue weighted by Gasteiger charge is 2.29. The Morgan fingerprint density at radius 1 is 0.942 bits per heavy atom. The summed E-state index contributed by atoms with van der Waals surface area (Å²) >= 11 is 0. The van der Waals surface area contributed by atoms with Crippen molar-refractivity contribution in [1.29, 1.82) is 0 Å². The number of benzene rings is 1. The number of nitrogens with one attached hydrogen (secondary N) is 6. The largest absolute Gasteiger partial charge is 0.445 e. The molecule has 6 amide bonds. The van der Waals surface area contributed by atoms with Gasteiger partial charge in [-0.25, -0.2) is 9.59 Å². The van der Waals surface area contributed by atoms with Crippen LogP contribution in [0.3, 0.4) is 0 Å². The number of pyridine rings is 1. The number of aromatic nitrogens is 1. The van der Waals surface area contributed by atoms with Crippen molar-refractivity contribution in [1.82, 2.24) is 26.3 Å². The molecule has 21 nitrogen and oxygen atoms in total. The average molecular weight is 749 g/mol. The first-order valence-corrected chi connectivity index (χ1v) is 17.5. The molecule has 0 aliphatic rings. The normalized spacial score (nSPS) is 13.0. The van der Waals surface area contributed by atoms with Gasteiger partial charge in [-0.2, -0.15) is 0 Å². The minimum absolute atomic E-state index is 0.0184. The molecule has 0 aliphatic carbocycles. The molecule has 0 aliphatic heterocycles. The van der Waals surface area contributed by atoms with Crippen molar-refractivity contribution in [2.24, 2.45) is 33.3 Å². The summed E-state index contributed by atoms with van der Waals surface area (Å²) in [4.78, 5) is 84.0. The fraction of sp³-hybridized carbons (Fsp3) is 0.400. The van der Waals surface area contributed by atoms with E-state index in [0.717, 1.165) is 0 Å². The Labute approximate surface area is 299 Å². The number of anilines is 2. The number of ether oxygens (including phenoxy) is 1. The topological polar surface area (TPSA) is 340 Å². The Morgan fingerprint density at radius 2 is 1.62 bits per heavy atom. The van der Waals surface area contributed by atoms with Gasteiger partial charge in [-0.1, -0.05) is 26.0 Å². The van der Waals surface area contributed by atoms with Crippen molar-refractivity contribution in [3.05, 3.63) is 53.9 Å². The number of nitrogens with two attached hydrogens (primary N) is 3. The van der Waals surface area contributed by atoms with Crippen LogP contribution in [-0.2, 0) is 30.3 Å². The van der Waals surface area contributed by atoms with Crippen LogP contribution in [0.4, 0.5) is 21.0 Å². The number of hydrogen-bond acceptors (Lipinski definition) is 11. The molecule has 2 atom stereocenters.